The molecule has 2 N–H and O–H groups in total. The number of benzene rings is 1. The number of rotatable bonds is 4. The summed E-state index contributed by atoms with van der Waals surface area (Å²) in [6.07, 6.45) is 4.93. The summed E-state index contributed by atoms with van der Waals surface area (Å²) in [5, 5.41) is 6.87. The Kier molecular flexibility index (Phi) is 4.51. The van der Waals surface area contributed by atoms with E-state index >= 15 is 0 Å². The molecule has 94 valence electrons. The normalized spacial score (nSPS) is 22.4. The Morgan fingerprint density at radius 2 is 2.12 bits per heavy atom. The molecule has 1 aliphatic rings. The minimum Gasteiger partial charge on any atom is -0.314 e. The molecule has 3 heteroatoms. The molecule has 1 saturated heterocycles. The Morgan fingerprint density at radius 1 is 1.35 bits per heavy atom. The fraction of sp³-hybridized carbons (Fsp3) is 0.571. The van der Waals surface area contributed by atoms with Crippen molar-refractivity contribution in [1.82, 2.24) is 10.6 Å². The maximum atomic E-state index is 12.9. The molecule has 1 fully saturated rings. The first-order chi connectivity index (χ1) is 8.29. The van der Waals surface area contributed by atoms with Crippen molar-refractivity contribution >= 4 is 0 Å². The summed E-state index contributed by atoms with van der Waals surface area (Å²) in [7, 11) is 1.97. The summed E-state index contributed by atoms with van der Waals surface area (Å²) in [4.78, 5) is 0. The first-order valence-corrected chi connectivity index (χ1v) is 6.45. The van der Waals surface area contributed by atoms with Gasteiger partial charge in [-0.1, -0.05) is 18.6 Å². The first kappa shape index (κ1) is 12.5. The molecule has 1 aliphatic heterocycles. The molecule has 0 amide bonds. The molecule has 2 atom stereocenters. The van der Waals surface area contributed by atoms with Crippen LogP contribution in [0.2, 0.25) is 0 Å². The maximum Gasteiger partial charge on any atom is 0.123 e. The van der Waals surface area contributed by atoms with Gasteiger partial charge in [0.1, 0.15) is 5.82 Å². The molecular formula is C14H21FN2. The lowest BCUT2D eigenvalue weighted by atomic mass is 9.94. The fourth-order valence-electron chi connectivity index (χ4n) is 2.53. The van der Waals surface area contributed by atoms with E-state index in [2.05, 4.69) is 10.6 Å². The van der Waals surface area contributed by atoms with E-state index in [1.807, 2.05) is 19.2 Å². The summed E-state index contributed by atoms with van der Waals surface area (Å²) in [6, 6.07) is 7.72. The van der Waals surface area contributed by atoms with Crippen LogP contribution < -0.4 is 10.6 Å². The molecule has 0 bridgehead atoms. The van der Waals surface area contributed by atoms with Gasteiger partial charge in [-0.15, -0.1) is 0 Å². The van der Waals surface area contributed by atoms with E-state index in [9.17, 15) is 4.39 Å². The standard InChI is InChI=1S/C14H21FN2/c1-16-14(10-13-4-2-3-9-17-13)11-5-7-12(15)8-6-11/h5-8,13-14,16-17H,2-4,9-10H2,1H3. The molecule has 0 aromatic heterocycles. The molecule has 2 unspecified atom stereocenters. The molecule has 0 saturated carbocycles. The zero-order valence-corrected chi connectivity index (χ0v) is 10.4. The maximum absolute atomic E-state index is 12.9. The third kappa shape index (κ3) is 3.51. The van der Waals surface area contributed by atoms with Crippen LogP contribution in [0.25, 0.3) is 0 Å². The van der Waals surface area contributed by atoms with Gasteiger partial charge in [-0.05, 0) is 50.6 Å². The van der Waals surface area contributed by atoms with Crippen molar-refractivity contribution in [3.8, 4) is 0 Å². The van der Waals surface area contributed by atoms with E-state index in [4.69, 9.17) is 0 Å². The topological polar surface area (TPSA) is 24.1 Å². The second kappa shape index (κ2) is 6.12. The molecule has 1 aromatic carbocycles. The predicted molar refractivity (Wildman–Crippen MR) is 68.5 cm³/mol. The van der Waals surface area contributed by atoms with Crippen LogP contribution in [0, 0.1) is 5.82 Å². The predicted octanol–water partition coefficient (Wildman–Crippen LogP) is 2.62. The van der Waals surface area contributed by atoms with Gasteiger partial charge in [0.25, 0.3) is 0 Å². The van der Waals surface area contributed by atoms with Crippen molar-refractivity contribution < 1.29 is 4.39 Å². The van der Waals surface area contributed by atoms with Gasteiger partial charge in [-0.2, -0.15) is 0 Å². The average Bonchev–Trinajstić information content (AvgIpc) is 2.38. The van der Waals surface area contributed by atoms with Crippen LogP contribution >= 0.6 is 0 Å². The van der Waals surface area contributed by atoms with Crippen molar-refractivity contribution in [2.45, 2.75) is 37.8 Å². The van der Waals surface area contributed by atoms with Gasteiger partial charge in [0, 0.05) is 12.1 Å². The largest absolute Gasteiger partial charge is 0.314 e. The molecule has 1 heterocycles. The Hall–Kier alpha value is -0.930. The van der Waals surface area contributed by atoms with Crippen LogP contribution in [0.5, 0.6) is 0 Å². The van der Waals surface area contributed by atoms with Crippen LogP contribution in [0.15, 0.2) is 24.3 Å². The SMILES string of the molecule is CNC(CC1CCCCN1)c1ccc(F)cc1. The van der Waals surface area contributed by atoms with Crippen LogP contribution in [-0.2, 0) is 0 Å². The Labute approximate surface area is 103 Å². The van der Waals surface area contributed by atoms with Crippen LogP contribution in [-0.4, -0.2) is 19.6 Å². The minimum atomic E-state index is -0.167. The molecule has 17 heavy (non-hydrogen) atoms. The monoisotopic (exact) mass is 236 g/mol. The number of nitrogens with one attached hydrogen (secondary N) is 2. The molecule has 2 rings (SSSR count). The van der Waals surface area contributed by atoms with Crippen molar-refractivity contribution in [2.24, 2.45) is 0 Å². The first-order valence-electron chi connectivity index (χ1n) is 6.45. The quantitative estimate of drug-likeness (QED) is 0.839. The van der Waals surface area contributed by atoms with Gasteiger partial charge in [0.05, 0.1) is 0 Å². The zero-order chi connectivity index (χ0) is 12.1. The second-order valence-electron chi connectivity index (χ2n) is 4.78. The van der Waals surface area contributed by atoms with E-state index < -0.39 is 0 Å². The van der Waals surface area contributed by atoms with Crippen molar-refractivity contribution in [2.75, 3.05) is 13.6 Å². The van der Waals surface area contributed by atoms with Gasteiger partial charge in [-0.3, -0.25) is 0 Å². The van der Waals surface area contributed by atoms with E-state index in [1.165, 1.54) is 37.0 Å². The van der Waals surface area contributed by atoms with Crippen LogP contribution in [0.3, 0.4) is 0 Å². The smallest absolute Gasteiger partial charge is 0.123 e. The molecule has 2 nitrogen and oxygen atoms in total. The number of hydrogen-bond acceptors (Lipinski definition) is 2. The van der Waals surface area contributed by atoms with Crippen molar-refractivity contribution in [3.05, 3.63) is 35.6 Å². The Balaban J connectivity index is 1.97. The van der Waals surface area contributed by atoms with Gasteiger partial charge >= 0.3 is 0 Å². The average molecular weight is 236 g/mol. The second-order valence-corrected chi connectivity index (χ2v) is 4.78. The Morgan fingerprint density at radius 3 is 2.71 bits per heavy atom. The molecule has 1 aromatic rings. The summed E-state index contributed by atoms with van der Waals surface area (Å²) >= 11 is 0. The lowest BCUT2D eigenvalue weighted by Gasteiger charge is -2.27. The van der Waals surface area contributed by atoms with Gasteiger partial charge in [-0.25, -0.2) is 4.39 Å². The fourth-order valence-corrected chi connectivity index (χ4v) is 2.53. The van der Waals surface area contributed by atoms with Crippen LogP contribution in [0.4, 0.5) is 4.39 Å². The third-order valence-corrected chi connectivity index (χ3v) is 3.55. The van der Waals surface area contributed by atoms with E-state index in [0.717, 1.165) is 13.0 Å². The number of halogens is 1. The molecule has 0 spiro atoms. The van der Waals surface area contributed by atoms with E-state index in [0.29, 0.717) is 12.1 Å². The van der Waals surface area contributed by atoms with Gasteiger partial charge < -0.3 is 10.6 Å². The number of hydrogen-bond donors (Lipinski definition) is 2. The summed E-state index contributed by atoms with van der Waals surface area (Å²) < 4.78 is 12.9. The zero-order valence-electron chi connectivity index (χ0n) is 10.4. The Bertz CT molecular complexity index is 331. The summed E-state index contributed by atoms with van der Waals surface area (Å²) in [5.74, 6) is -0.167. The highest BCUT2D eigenvalue weighted by Crippen LogP contribution is 2.22. The van der Waals surface area contributed by atoms with Crippen molar-refractivity contribution in [3.63, 3.8) is 0 Å². The van der Waals surface area contributed by atoms with Crippen LogP contribution in [0.1, 0.15) is 37.3 Å². The van der Waals surface area contributed by atoms with E-state index in [1.54, 1.807) is 0 Å². The van der Waals surface area contributed by atoms with Gasteiger partial charge in [0.2, 0.25) is 0 Å². The third-order valence-electron chi connectivity index (χ3n) is 3.55. The summed E-state index contributed by atoms with van der Waals surface area (Å²) in [6.45, 7) is 1.13. The minimum absolute atomic E-state index is 0.167. The summed E-state index contributed by atoms with van der Waals surface area (Å²) in [5.41, 5.74) is 1.17. The highest BCUT2D eigenvalue weighted by atomic mass is 19.1. The number of piperidine rings is 1. The molecular weight excluding hydrogens is 215 g/mol. The molecule has 0 radical (unpaired) electrons. The van der Waals surface area contributed by atoms with Gasteiger partial charge in [0.15, 0.2) is 0 Å². The molecule has 0 aliphatic carbocycles. The lowest BCUT2D eigenvalue weighted by Crippen LogP contribution is -2.37. The highest BCUT2D eigenvalue weighted by molar-refractivity contribution is 5.20. The lowest BCUT2D eigenvalue weighted by molar-refractivity contribution is 0.347. The highest BCUT2D eigenvalue weighted by Gasteiger charge is 2.18. The van der Waals surface area contributed by atoms with Crippen molar-refractivity contribution in [1.29, 1.82) is 0 Å². The van der Waals surface area contributed by atoms with E-state index in [-0.39, 0.29) is 5.82 Å².